The Hall–Kier alpha value is -1.61. The maximum absolute atomic E-state index is 12.0. The molecule has 17 heavy (non-hydrogen) atoms. The summed E-state index contributed by atoms with van der Waals surface area (Å²) in [4.78, 5) is 15.2. The molecule has 0 saturated carbocycles. The fourth-order valence-corrected chi connectivity index (χ4v) is 2.16. The molecule has 0 saturated heterocycles. The van der Waals surface area contributed by atoms with E-state index in [0.29, 0.717) is 6.54 Å². The number of hydrogen-bond donors (Lipinski definition) is 2. The van der Waals surface area contributed by atoms with Crippen LogP contribution in [0.15, 0.2) is 18.3 Å². The molecule has 0 aliphatic rings. The van der Waals surface area contributed by atoms with E-state index in [9.17, 15) is 4.79 Å². The number of H-pyrrole nitrogens is 1. The van der Waals surface area contributed by atoms with Gasteiger partial charge in [-0.3, -0.25) is 4.79 Å². The highest BCUT2D eigenvalue weighted by Crippen LogP contribution is 2.23. The molecule has 2 rings (SSSR count). The zero-order valence-electron chi connectivity index (χ0n) is 10.6. The Labute approximate surface area is 101 Å². The van der Waals surface area contributed by atoms with Gasteiger partial charge in [-0.2, -0.15) is 0 Å². The molecule has 0 spiro atoms. The summed E-state index contributed by atoms with van der Waals surface area (Å²) in [5.41, 5.74) is 4.22. The predicted molar refractivity (Wildman–Crippen MR) is 70.6 cm³/mol. The van der Waals surface area contributed by atoms with Crippen LogP contribution in [-0.4, -0.2) is 23.9 Å². The number of likely N-dealkylation sites (N-methyl/N-ethyl adjacent to an activating group) is 1. The number of aryl methyl sites for hydroxylation is 2. The van der Waals surface area contributed by atoms with Gasteiger partial charge in [0, 0.05) is 22.7 Å². The van der Waals surface area contributed by atoms with Gasteiger partial charge < -0.3 is 10.3 Å². The Bertz CT molecular complexity index is 555. The van der Waals surface area contributed by atoms with Crippen LogP contribution in [0.4, 0.5) is 0 Å². The summed E-state index contributed by atoms with van der Waals surface area (Å²) in [5.74, 6) is 0.142. The number of carbonyl (C=O) groups is 1. The SMILES string of the molecule is CCNCC(=O)c1c[nH]c2c(C)cc(C)cc12. The van der Waals surface area contributed by atoms with Crippen LogP contribution >= 0.6 is 0 Å². The molecule has 2 aromatic rings. The minimum Gasteiger partial charge on any atom is -0.360 e. The van der Waals surface area contributed by atoms with E-state index in [1.54, 1.807) is 0 Å². The molecule has 0 aliphatic heterocycles. The number of rotatable bonds is 4. The first-order chi connectivity index (χ1) is 8.13. The molecule has 2 N–H and O–H groups in total. The normalized spacial score (nSPS) is 11.0. The van der Waals surface area contributed by atoms with Gasteiger partial charge in [-0.1, -0.05) is 18.6 Å². The van der Waals surface area contributed by atoms with Crippen LogP contribution in [0.5, 0.6) is 0 Å². The topological polar surface area (TPSA) is 44.9 Å². The lowest BCUT2D eigenvalue weighted by Gasteiger charge is -2.02. The maximum atomic E-state index is 12.0. The van der Waals surface area contributed by atoms with Crippen molar-refractivity contribution in [2.75, 3.05) is 13.1 Å². The molecule has 1 heterocycles. The fourth-order valence-electron chi connectivity index (χ4n) is 2.16. The quantitative estimate of drug-likeness (QED) is 0.793. The molecule has 0 atom stereocenters. The summed E-state index contributed by atoms with van der Waals surface area (Å²) < 4.78 is 0. The molecule has 1 aromatic carbocycles. The van der Waals surface area contributed by atoms with Crippen LogP contribution in [0, 0.1) is 13.8 Å². The molecule has 90 valence electrons. The minimum absolute atomic E-state index is 0.142. The Morgan fingerprint density at radius 3 is 2.82 bits per heavy atom. The highest BCUT2D eigenvalue weighted by molar-refractivity contribution is 6.09. The van der Waals surface area contributed by atoms with Gasteiger partial charge >= 0.3 is 0 Å². The number of carbonyl (C=O) groups excluding carboxylic acids is 1. The summed E-state index contributed by atoms with van der Waals surface area (Å²) in [5, 5.41) is 4.10. The number of hydrogen-bond acceptors (Lipinski definition) is 2. The van der Waals surface area contributed by atoms with E-state index in [2.05, 4.69) is 36.3 Å². The third kappa shape index (κ3) is 2.24. The third-order valence-electron chi connectivity index (χ3n) is 2.97. The van der Waals surface area contributed by atoms with Crippen LogP contribution in [0.3, 0.4) is 0 Å². The molecule has 0 aliphatic carbocycles. The second-order valence-electron chi connectivity index (χ2n) is 4.41. The van der Waals surface area contributed by atoms with Crippen molar-refractivity contribution < 1.29 is 4.79 Å². The number of nitrogens with one attached hydrogen (secondary N) is 2. The first-order valence-electron chi connectivity index (χ1n) is 5.95. The van der Waals surface area contributed by atoms with Gasteiger partial charge in [-0.25, -0.2) is 0 Å². The minimum atomic E-state index is 0.142. The van der Waals surface area contributed by atoms with Crippen LogP contribution in [0.2, 0.25) is 0 Å². The lowest BCUT2D eigenvalue weighted by atomic mass is 10.0. The maximum Gasteiger partial charge on any atom is 0.178 e. The number of fused-ring (bicyclic) bond motifs is 1. The summed E-state index contributed by atoms with van der Waals surface area (Å²) >= 11 is 0. The number of ketones is 1. The zero-order valence-corrected chi connectivity index (χ0v) is 10.6. The first-order valence-corrected chi connectivity index (χ1v) is 5.95. The molecule has 3 nitrogen and oxygen atoms in total. The number of aromatic amines is 1. The van der Waals surface area contributed by atoms with E-state index in [-0.39, 0.29) is 5.78 Å². The van der Waals surface area contributed by atoms with Crippen molar-refractivity contribution in [3.63, 3.8) is 0 Å². The van der Waals surface area contributed by atoms with Crippen molar-refractivity contribution in [2.24, 2.45) is 0 Å². The van der Waals surface area contributed by atoms with Crippen molar-refractivity contribution in [1.82, 2.24) is 10.3 Å². The predicted octanol–water partition coefficient (Wildman–Crippen LogP) is 2.58. The van der Waals surface area contributed by atoms with E-state index < -0.39 is 0 Å². The van der Waals surface area contributed by atoms with E-state index in [1.165, 1.54) is 11.1 Å². The lowest BCUT2D eigenvalue weighted by molar-refractivity contribution is 0.0993. The molecule has 0 fully saturated rings. The van der Waals surface area contributed by atoms with E-state index in [4.69, 9.17) is 0 Å². The fraction of sp³-hybridized carbons (Fsp3) is 0.357. The largest absolute Gasteiger partial charge is 0.360 e. The van der Waals surface area contributed by atoms with Crippen LogP contribution in [-0.2, 0) is 0 Å². The summed E-state index contributed by atoms with van der Waals surface area (Å²) in [6.45, 7) is 7.32. The van der Waals surface area contributed by atoms with Gasteiger partial charge in [-0.15, -0.1) is 0 Å². The second kappa shape index (κ2) is 4.72. The molecule has 3 heteroatoms. The van der Waals surface area contributed by atoms with Crippen molar-refractivity contribution in [1.29, 1.82) is 0 Å². The third-order valence-corrected chi connectivity index (χ3v) is 2.97. The standard InChI is InChI=1S/C14H18N2O/c1-4-15-8-13(17)12-7-16-14-10(3)5-9(2)6-11(12)14/h5-7,15-16H,4,8H2,1-3H3. The van der Waals surface area contributed by atoms with Gasteiger partial charge in [0.15, 0.2) is 5.78 Å². The van der Waals surface area contributed by atoms with Crippen molar-refractivity contribution in [3.05, 3.63) is 35.0 Å². The first kappa shape index (κ1) is 11.9. The Morgan fingerprint density at radius 1 is 1.35 bits per heavy atom. The summed E-state index contributed by atoms with van der Waals surface area (Å²) in [7, 11) is 0. The van der Waals surface area contributed by atoms with Crippen LogP contribution in [0.1, 0.15) is 28.4 Å². The van der Waals surface area contributed by atoms with E-state index >= 15 is 0 Å². The van der Waals surface area contributed by atoms with Gasteiger partial charge in [-0.05, 0) is 32.0 Å². The van der Waals surface area contributed by atoms with Gasteiger partial charge in [0.1, 0.15) is 0 Å². The lowest BCUT2D eigenvalue weighted by Crippen LogP contribution is -2.22. The van der Waals surface area contributed by atoms with Gasteiger partial charge in [0.2, 0.25) is 0 Å². The molecule has 0 bridgehead atoms. The second-order valence-corrected chi connectivity index (χ2v) is 4.41. The molecule has 0 unspecified atom stereocenters. The summed E-state index contributed by atoms with van der Waals surface area (Å²) in [6, 6.07) is 4.19. The molecular formula is C14H18N2O. The smallest absolute Gasteiger partial charge is 0.178 e. The van der Waals surface area contributed by atoms with E-state index in [0.717, 1.165) is 23.0 Å². The number of Topliss-reactive ketones (excluding diaryl/α,β-unsaturated/α-hetero) is 1. The highest BCUT2D eigenvalue weighted by atomic mass is 16.1. The van der Waals surface area contributed by atoms with Crippen molar-refractivity contribution in [3.8, 4) is 0 Å². The van der Waals surface area contributed by atoms with Crippen LogP contribution in [0.25, 0.3) is 10.9 Å². The highest BCUT2D eigenvalue weighted by Gasteiger charge is 2.12. The molecular weight excluding hydrogens is 212 g/mol. The average molecular weight is 230 g/mol. The Kier molecular flexibility index (Phi) is 3.29. The van der Waals surface area contributed by atoms with E-state index in [1.807, 2.05) is 13.1 Å². The Balaban J connectivity index is 2.45. The molecule has 0 amide bonds. The van der Waals surface area contributed by atoms with Crippen molar-refractivity contribution in [2.45, 2.75) is 20.8 Å². The van der Waals surface area contributed by atoms with Crippen LogP contribution < -0.4 is 5.32 Å². The monoisotopic (exact) mass is 230 g/mol. The average Bonchev–Trinajstić information content (AvgIpc) is 2.69. The van der Waals surface area contributed by atoms with Gasteiger partial charge in [0.25, 0.3) is 0 Å². The zero-order chi connectivity index (χ0) is 12.4. The molecule has 0 radical (unpaired) electrons. The number of aromatic nitrogens is 1. The molecule has 1 aromatic heterocycles. The Morgan fingerprint density at radius 2 is 2.12 bits per heavy atom. The summed E-state index contributed by atoms with van der Waals surface area (Å²) in [6.07, 6.45) is 1.82. The number of benzene rings is 1. The van der Waals surface area contributed by atoms with Crippen molar-refractivity contribution >= 4 is 16.7 Å². The van der Waals surface area contributed by atoms with Gasteiger partial charge in [0.05, 0.1) is 6.54 Å².